The van der Waals surface area contributed by atoms with E-state index in [0.29, 0.717) is 12.3 Å². The summed E-state index contributed by atoms with van der Waals surface area (Å²) in [5, 5.41) is 8.19. The van der Waals surface area contributed by atoms with Crippen molar-refractivity contribution in [2.24, 2.45) is 0 Å². The zero-order valence-electron chi connectivity index (χ0n) is 6.49. The molecule has 0 aliphatic rings. The molecule has 0 aromatic carbocycles. The monoisotopic (exact) mass is 243 g/mol. The van der Waals surface area contributed by atoms with Crippen molar-refractivity contribution in [3.05, 3.63) is 17.8 Å². The van der Waals surface area contributed by atoms with Gasteiger partial charge in [-0.15, -0.1) is 0 Å². The minimum absolute atomic E-state index is 0.577. The fourth-order valence-electron chi connectivity index (χ4n) is 0.763. The first kappa shape index (κ1) is 11.1. The van der Waals surface area contributed by atoms with Crippen LogP contribution < -0.4 is 0 Å². The Labute approximate surface area is 82.6 Å². The van der Waals surface area contributed by atoms with Crippen LogP contribution in [0.3, 0.4) is 0 Å². The lowest BCUT2D eigenvalue weighted by Crippen LogP contribution is -1.97. The van der Waals surface area contributed by atoms with E-state index in [-0.39, 0.29) is 0 Å². The lowest BCUT2D eigenvalue weighted by atomic mass is 10.3. The van der Waals surface area contributed by atoms with Crippen LogP contribution in [0, 0.1) is 0 Å². The molecule has 0 amide bonds. The molecule has 8 heteroatoms. The summed E-state index contributed by atoms with van der Waals surface area (Å²) < 4.78 is 45.5. The first-order valence-corrected chi connectivity index (χ1v) is 5.55. The second kappa shape index (κ2) is 3.66. The molecule has 1 rings (SSSR count). The van der Waals surface area contributed by atoms with Gasteiger partial charge in [-0.3, -0.25) is 0 Å². The van der Waals surface area contributed by atoms with Gasteiger partial charge in [0.15, 0.2) is 5.75 Å². The minimum atomic E-state index is -4.21. The van der Waals surface area contributed by atoms with Crippen LogP contribution in [0.4, 0.5) is 8.78 Å². The van der Waals surface area contributed by atoms with Crippen molar-refractivity contribution in [3.8, 4) is 5.75 Å². The molecule has 0 bridgehead atoms. The van der Waals surface area contributed by atoms with Crippen LogP contribution in [0.25, 0.3) is 0 Å². The molecular formula is C6H4ClF2NO3S. The summed E-state index contributed by atoms with van der Waals surface area (Å²) in [6.07, 6.45) is -2.19. The molecular weight excluding hydrogens is 240 g/mol. The minimum Gasteiger partial charge on any atom is -0.505 e. The zero-order valence-corrected chi connectivity index (χ0v) is 8.06. The number of pyridine rings is 1. The summed E-state index contributed by atoms with van der Waals surface area (Å²) in [6.45, 7) is 0. The molecule has 14 heavy (non-hydrogen) atoms. The van der Waals surface area contributed by atoms with Gasteiger partial charge < -0.3 is 5.11 Å². The van der Waals surface area contributed by atoms with Gasteiger partial charge in [0.1, 0.15) is 0 Å². The molecule has 0 saturated carbocycles. The van der Waals surface area contributed by atoms with Crippen molar-refractivity contribution in [3.63, 3.8) is 0 Å². The van der Waals surface area contributed by atoms with E-state index in [2.05, 4.69) is 4.98 Å². The van der Waals surface area contributed by atoms with Crippen LogP contribution in [-0.2, 0) is 9.05 Å². The van der Waals surface area contributed by atoms with E-state index in [4.69, 9.17) is 15.8 Å². The molecule has 4 nitrogen and oxygen atoms in total. The largest absolute Gasteiger partial charge is 0.505 e. The molecule has 0 saturated heterocycles. The van der Waals surface area contributed by atoms with Gasteiger partial charge in [-0.2, -0.15) is 0 Å². The molecule has 1 heterocycles. The molecule has 78 valence electrons. The fraction of sp³-hybridized carbons (Fsp3) is 0.167. The first-order chi connectivity index (χ1) is 6.32. The quantitative estimate of drug-likeness (QED) is 0.802. The Kier molecular flexibility index (Phi) is 2.91. The van der Waals surface area contributed by atoms with Crippen LogP contribution in [0.1, 0.15) is 12.0 Å². The number of alkyl halides is 2. The molecule has 1 N–H and O–H groups in total. The van der Waals surface area contributed by atoms with E-state index >= 15 is 0 Å². The van der Waals surface area contributed by atoms with Crippen LogP contribution >= 0.6 is 10.7 Å². The Hall–Kier alpha value is -0.950. The maximum absolute atomic E-state index is 12.0. The Bertz CT molecular complexity index is 448. The Balaban J connectivity index is 3.28. The smallest absolute Gasteiger partial charge is 0.282 e. The van der Waals surface area contributed by atoms with E-state index in [1.165, 1.54) is 0 Å². The summed E-state index contributed by atoms with van der Waals surface area (Å²) in [4.78, 5) is 3.12. The van der Waals surface area contributed by atoms with Crippen molar-refractivity contribution in [2.75, 3.05) is 0 Å². The predicted octanol–water partition coefficient (Wildman–Crippen LogP) is 1.65. The molecule has 0 aliphatic carbocycles. The molecule has 0 unspecified atom stereocenters. The van der Waals surface area contributed by atoms with Crippen LogP contribution in [-0.4, -0.2) is 18.5 Å². The highest BCUT2D eigenvalue weighted by molar-refractivity contribution is 8.13. The average Bonchev–Trinajstić information content (AvgIpc) is 2.01. The molecule has 0 atom stereocenters. The number of nitrogens with zero attached hydrogens (tertiary/aromatic N) is 1. The van der Waals surface area contributed by atoms with Crippen LogP contribution in [0.2, 0.25) is 0 Å². The molecule has 0 spiro atoms. The van der Waals surface area contributed by atoms with E-state index in [0.717, 1.165) is 0 Å². The first-order valence-electron chi connectivity index (χ1n) is 3.24. The van der Waals surface area contributed by atoms with Gasteiger partial charge in [0, 0.05) is 22.4 Å². The molecule has 1 aromatic heterocycles. The topological polar surface area (TPSA) is 67.3 Å². The summed E-state index contributed by atoms with van der Waals surface area (Å²) in [5.41, 5.74) is -0.577. The molecule has 0 aliphatic heterocycles. The number of hydrogen-bond acceptors (Lipinski definition) is 4. The number of rotatable bonds is 2. The zero-order chi connectivity index (χ0) is 10.9. The van der Waals surface area contributed by atoms with Gasteiger partial charge in [0.05, 0.1) is 0 Å². The van der Waals surface area contributed by atoms with Crippen molar-refractivity contribution in [1.82, 2.24) is 4.98 Å². The molecule has 1 aromatic rings. The number of hydrogen-bond donors (Lipinski definition) is 1. The van der Waals surface area contributed by atoms with Gasteiger partial charge in [-0.25, -0.2) is 22.2 Å². The van der Waals surface area contributed by atoms with Gasteiger partial charge in [0.25, 0.3) is 15.5 Å². The highest BCUT2D eigenvalue weighted by atomic mass is 35.7. The third-order valence-electron chi connectivity index (χ3n) is 1.34. The van der Waals surface area contributed by atoms with E-state index in [1.807, 2.05) is 0 Å². The van der Waals surface area contributed by atoms with Gasteiger partial charge >= 0.3 is 0 Å². The number of aromatic hydroxyl groups is 1. The summed E-state index contributed by atoms with van der Waals surface area (Å²) >= 11 is 0. The lowest BCUT2D eigenvalue weighted by molar-refractivity contribution is 0.150. The summed E-state index contributed by atoms with van der Waals surface area (Å²) in [5.74, 6) is -0.891. The lowest BCUT2D eigenvalue weighted by Gasteiger charge is -2.02. The van der Waals surface area contributed by atoms with Gasteiger partial charge in [-0.05, 0) is 6.07 Å². The fourth-order valence-corrected chi connectivity index (χ4v) is 1.61. The third-order valence-corrected chi connectivity index (χ3v) is 2.55. The normalized spacial score (nSPS) is 12.0. The van der Waals surface area contributed by atoms with Crippen molar-refractivity contribution in [2.45, 2.75) is 11.5 Å². The van der Waals surface area contributed by atoms with Crippen molar-refractivity contribution in [1.29, 1.82) is 0 Å². The third kappa shape index (κ3) is 2.30. The van der Waals surface area contributed by atoms with Crippen molar-refractivity contribution >= 4 is 19.7 Å². The summed E-state index contributed by atoms with van der Waals surface area (Å²) in [6, 6.07) is 0.604. The highest BCUT2D eigenvalue weighted by Gasteiger charge is 2.19. The summed E-state index contributed by atoms with van der Waals surface area (Å²) in [7, 11) is 0.648. The number of halogens is 3. The van der Waals surface area contributed by atoms with Crippen molar-refractivity contribution < 1.29 is 22.3 Å². The molecule has 0 radical (unpaired) electrons. The maximum atomic E-state index is 12.0. The molecule has 0 fully saturated rings. The Morgan fingerprint density at radius 2 is 2.07 bits per heavy atom. The SMILES string of the molecule is O=S(=O)(Cl)c1ncc(C(F)F)cc1O. The predicted molar refractivity (Wildman–Crippen MR) is 43.9 cm³/mol. The standard InChI is InChI=1S/C6H4ClF2NO3S/c7-14(12,13)6-4(11)1-3(2-10-6)5(8)9/h1-2,5,11H. The average molecular weight is 244 g/mol. The second-order valence-corrected chi connectivity index (χ2v) is 4.81. The highest BCUT2D eigenvalue weighted by Crippen LogP contribution is 2.27. The van der Waals surface area contributed by atoms with E-state index < -0.39 is 31.8 Å². The van der Waals surface area contributed by atoms with Crippen LogP contribution in [0.15, 0.2) is 17.3 Å². The van der Waals surface area contributed by atoms with Gasteiger partial charge in [0.2, 0.25) is 5.03 Å². The maximum Gasteiger partial charge on any atom is 0.282 e. The van der Waals surface area contributed by atoms with Crippen LogP contribution in [0.5, 0.6) is 5.75 Å². The number of aromatic nitrogens is 1. The van der Waals surface area contributed by atoms with Gasteiger partial charge in [-0.1, -0.05) is 0 Å². The Morgan fingerprint density at radius 1 is 1.50 bits per heavy atom. The van der Waals surface area contributed by atoms with E-state index in [9.17, 15) is 17.2 Å². The second-order valence-electron chi connectivity index (χ2n) is 2.33. The Morgan fingerprint density at radius 3 is 2.43 bits per heavy atom. The van der Waals surface area contributed by atoms with E-state index in [1.54, 1.807) is 0 Å².